The van der Waals surface area contributed by atoms with Crippen LogP contribution in [-0.2, 0) is 5.75 Å². The molecular weight excluding hydrogens is 264 g/mol. The second kappa shape index (κ2) is 7.91. The lowest BCUT2D eigenvalue weighted by molar-refractivity contribution is 0.289. The Morgan fingerprint density at radius 3 is 2.84 bits per heavy atom. The van der Waals surface area contributed by atoms with Crippen molar-refractivity contribution >= 4 is 17.6 Å². The van der Waals surface area contributed by atoms with Crippen LogP contribution in [0.4, 0.5) is 0 Å². The molecule has 19 heavy (non-hydrogen) atoms. The van der Waals surface area contributed by atoms with E-state index in [0.717, 1.165) is 23.5 Å². The van der Waals surface area contributed by atoms with E-state index in [0.29, 0.717) is 10.8 Å². The number of aliphatic hydroxyl groups is 1. The summed E-state index contributed by atoms with van der Waals surface area (Å²) in [5.74, 6) is 1.60. The van der Waals surface area contributed by atoms with Crippen molar-refractivity contribution in [2.24, 2.45) is 10.9 Å². The van der Waals surface area contributed by atoms with Gasteiger partial charge in [-0.2, -0.15) is 11.8 Å². The highest BCUT2D eigenvalue weighted by Gasteiger charge is 2.09. The molecule has 1 aromatic carbocycles. The second-order valence-corrected chi connectivity index (χ2v) is 5.57. The van der Waals surface area contributed by atoms with Crippen molar-refractivity contribution in [3.8, 4) is 5.75 Å². The number of ether oxygens (including phenoxy) is 1. The molecule has 0 saturated carbocycles. The highest BCUT2D eigenvalue weighted by atomic mass is 32.2. The van der Waals surface area contributed by atoms with Gasteiger partial charge in [-0.15, -0.1) is 0 Å². The van der Waals surface area contributed by atoms with Crippen molar-refractivity contribution in [2.75, 3.05) is 13.7 Å². The van der Waals surface area contributed by atoms with Gasteiger partial charge < -0.3 is 20.8 Å². The Morgan fingerprint density at radius 1 is 1.53 bits per heavy atom. The van der Waals surface area contributed by atoms with Gasteiger partial charge in [-0.1, -0.05) is 12.1 Å². The van der Waals surface area contributed by atoms with Gasteiger partial charge in [0.1, 0.15) is 5.75 Å². The summed E-state index contributed by atoms with van der Waals surface area (Å²) >= 11 is 1.73. The van der Waals surface area contributed by atoms with Crippen LogP contribution >= 0.6 is 11.8 Å². The number of aliphatic hydroxyl groups excluding tert-OH is 1. The largest absolute Gasteiger partial charge is 0.496 e. The number of amidine groups is 1. The number of oxime groups is 1. The zero-order valence-corrected chi connectivity index (χ0v) is 12.0. The van der Waals surface area contributed by atoms with Crippen LogP contribution in [-0.4, -0.2) is 35.1 Å². The van der Waals surface area contributed by atoms with Gasteiger partial charge >= 0.3 is 0 Å². The normalized spacial score (nSPS) is 13.3. The number of benzene rings is 1. The second-order valence-electron chi connectivity index (χ2n) is 4.15. The summed E-state index contributed by atoms with van der Waals surface area (Å²) in [6.45, 7) is 2.26. The van der Waals surface area contributed by atoms with Crippen LogP contribution < -0.4 is 10.5 Å². The molecule has 0 bridgehead atoms. The fraction of sp³-hybridized carbons (Fsp3) is 0.462. The van der Waals surface area contributed by atoms with Gasteiger partial charge in [0.15, 0.2) is 5.84 Å². The molecule has 0 saturated heterocycles. The molecule has 0 amide bonds. The third-order valence-corrected chi connectivity index (χ3v) is 4.03. The van der Waals surface area contributed by atoms with Gasteiger partial charge in [0.25, 0.3) is 0 Å². The molecule has 1 rings (SSSR count). The van der Waals surface area contributed by atoms with Gasteiger partial charge in [-0.3, -0.25) is 0 Å². The first-order valence-corrected chi connectivity index (χ1v) is 7.04. The van der Waals surface area contributed by atoms with Crippen molar-refractivity contribution in [1.29, 1.82) is 0 Å². The standard InChI is InChI=1S/C13H20N2O3S/c1-9(5-6-16)19-8-11-7-10(13(14)15-17)3-4-12(11)18-2/h3-4,7,9,16-17H,5-6,8H2,1-2H3,(H2,14,15). The summed E-state index contributed by atoms with van der Waals surface area (Å²) in [5, 5.41) is 20.9. The average molecular weight is 284 g/mol. The van der Waals surface area contributed by atoms with E-state index in [1.807, 2.05) is 6.07 Å². The summed E-state index contributed by atoms with van der Waals surface area (Å²) < 4.78 is 5.30. The van der Waals surface area contributed by atoms with Crippen molar-refractivity contribution in [3.05, 3.63) is 29.3 Å². The summed E-state index contributed by atoms with van der Waals surface area (Å²) in [6.07, 6.45) is 0.757. The number of methoxy groups -OCH3 is 1. The van der Waals surface area contributed by atoms with Crippen LogP contribution in [0, 0.1) is 0 Å². The van der Waals surface area contributed by atoms with E-state index < -0.39 is 0 Å². The van der Waals surface area contributed by atoms with Gasteiger partial charge in [0, 0.05) is 28.7 Å². The first-order valence-electron chi connectivity index (χ1n) is 5.99. The molecule has 1 atom stereocenters. The molecule has 0 heterocycles. The number of rotatable bonds is 7. The van der Waals surface area contributed by atoms with Gasteiger partial charge in [-0.05, 0) is 24.6 Å². The zero-order chi connectivity index (χ0) is 14.3. The van der Waals surface area contributed by atoms with Crippen molar-refractivity contribution in [2.45, 2.75) is 24.3 Å². The van der Waals surface area contributed by atoms with E-state index in [2.05, 4.69) is 12.1 Å². The van der Waals surface area contributed by atoms with Gasteiger partial charge in [0.2, 0.25) is 0 Å². The summed E-state index contributed by atoms with van der Waals surface area (Å²) in [6, 6.07) is 5.41. The minimum atomic E-state index is 0.0808. The molecule has 0 aliphatic carbocycles. The van der Waals surface area contributed by atoms with E-state index in [1.165, 1.54) is 0 Å². The van der Waals surface area contributed by atoms with Gasteiger partial charge in [0.05, 0.1) is 7.11 Å². The van der Waals surface area contributed by atoms with Gasteiger partial charge in [-0.25, -0.2) is 0 Å². The molecular formula is C13H20N2O3S. The van der Waals surface area contributed by atoms with E-state index in [4.69, 9.17) is 20.8 Å². The monoisotopic (exact) mass is 284 g/mol. The molecule has 0 aliphatic heterocycles. The average Bonchev–Trinajstić information content (AvgIpc) is 2.44. The topological polar surface area (TPSA) is 88.1 Å². The molecule has 6 heteroatoms. The van der Waals surface area contributed by atoms with E-state index in [9.17, 15) is 0 Å². The highest BCUT2D eigenvalue weighted by Crippen LogP contribution is 2.27. The summed E-state index contributed by atoms with van der Waals surface area (Å²) in [5.41, 5.74) is 7.23. The smallest absolute Gasteiger partial charge is 0.170 e. The Balaban J connectivity index is 2.84. The third-order valence-electron chi connectivity index (χ3n) is 2.74. The summed E-state index contributed by atoms with van der Waals surface area (Å²) in [4.78, 5) is 0. The predicted molar refractivity (Wildman–Crippen MR) is 78.0 cm³/mol. The van der Waals surface area contributed by atoms with Crippen LogP contribution in [0.1, 0.15) is 24.5 Å². The molecule has 0 fully saturated rings. The molecule has 0 spiro atoms. The maximum Gasteiger partial charge on any atom is 0.170 e. The van der Waals surface area contributed by atoms with E-state index >= 15 is 0 Å². The molecule has 1 aromatic rings. The van der Waals surface area contributed by atoms with E-state index in [1.54, 1.807) is 31.0 Å². The van der Waals surface area contributed by atoms with Crippen LogP contribution in [0.3, 0.4) is 0 Å². The van der Waals surface area contributed by atoms with Crippen LogP contribution in [0.5, 0.6) is 5.75 Å². The lowest BCUT2D eigenvalue weighted by atomic mass is 10.1. The molecule has 5 nitrogen and oxygen atoms in total. The fourth-order valence-electron chi connectivity index (χ4n) is 1.61. The third kappa shape index (κ3) is 4.65. The number of hydrogen-bond acceptors (Lipinski definition) is 5. The van der Waals surface area contributed by atoms with E-state index in [-0.39, 0.29) is 12.4 Å². The Morgan fingerprint density at radius 2 is 2.26 bits per heavy atom. The highest BCUT2D eigenvalue weighted by molar-refractivity contribution is 7.99. The van der Waals surface area contributed by atoms with Crippen molar-refractivity contribution < 1.29 is 15.1 Å². The Kier molecular flexibility index (Phi) is 6.52. The quantitative estimate of drug-likeness (QED) is 0.307. The van der Waals surface area contributed by atoms with Crippen LogP contribution in [0.25, 0.3) is 0 Å². The Hall–Kier alpha value is -1.40. The molecule has 0 aliphatic rings. The maximum absolute atomic E-state index is 8.89. The van der Waals surface area contributed by atoms with Crippen LogP contribution in [0.15, 0.2) is 23.4 Å². The van der Waals surface area contributed by atoms with Crippen molar-refractivity contribution in [3.63, 3.8) is 0 Å². The minimum Gasteiger partial charge on any atom is -0.496 e. The number of nitrogens with zero attached hydrogens (tertiary/aromatic N) is 1. The number of nitrogens with two attached hydrogens (primary N) is 1. The summed E-state index contributed by atoms with van der Waals surface area (Å²) in [7, 11) is 1.61. The first-order chi connectivity index (χ1) is 9.12. The Bertz CT molecular complexity index is 438. The molecule has 0 aromatic heterocycles. The molecule has 0 radical (unpaired) electrons. The lowest BCUT2D eigenvalue weighted by Crippen LogP contribution is -2.13. The maximum atomic E-state index is 8.89. The SMILES string of the molecule is COc1ccc(/C(N)=N/O)cc1CSC(C)CCO. The molecule has 4 N–H and O–H groups in total. The first kappa shape index (κ1) is 15.7. The van der Waals surface area contributed by atoms with Crippen LogP contribution in [0.2, 0.25) is 0 Å². The lowest BCUT2D eigenvalue weighted by Gasteiger charge is -2.13. The fourth-order valence-corrected chi connectivity index (χ4v) is 2.57. The van der Waals surface area contributed by atoms with Crippen molar-refractivity contribution in [1.82, 2.24) is 0 Å². The number of hydrogen-bond donors (Lipinski definition) is 3. The zero-order valence-electron chi connectivity index (χ0n) is 11.2. The Labute approximate surface area is 117 Å². The predicted octanol–water partition coefficient (Wildman–Crippen LogP) is 1.79. The number of thioether (sulfide) groups is 1. The minimum absolute atomic E-state index is 0.0808. The molecule has 106 valence electrons. The molecule has 1 unspecified atom stereocenters.